The van der Waals surface area contributed by atoms with E-state index in [0.717, 1.165) is 14.2 Å². The molecular formula is C9H9ClN2OS2. The molecule has 0 spiro atoms. The fourth-order valence-electron chi connectivity index (χ4n) is 1.10. The summed E-state index contributed by atoms with van der Waals surface area (Å²) >= 11 is 8.79. The highest BCUT2D eigenvalue weighted by atomic mass is 35.5. The Balaban J connectivity index is 2.27. The van der Waals surface area contributed by atoms with E-state index >= 15 is 0 Å². The summed E-state index contributed by atoms with van der Waals surface area (Å²) in [4.78, 5) is 5.32. The van der Waals surface area contributed by atoms with E-state index in [-0.39, 0.29) is 6.54 Å². The highest BCUT2D eigenvalue weighted by molar-refractivity contribution is 7.23. The Kier molecular flexibility index (Phi) is 3.38. The number of hydrogen-bond acceptors (Lipinski definition) is 5. The van der Waals surface area contributed by atoms with Crippen molar-refractivity contribution in [2.75, 3.05) is 6.54 Å². The molecule has 0 saturated heterocycles. The number of rotatable bonds is 3. The van der Waals surface area contributed by atoms with Crippen molar-refractivity contribution in [1.82, 2.24) is 4.98 Å². The Morgan fingerprint density at radius 1 is 1.53 bits per heavy atom. The lowest BCUT2D eigenvalue weighted by molar-refractivity contribution is 0.182. The maximum absolute atomic E-state index is 9.49. The van der Waals surface area contributed by atoms with Crippen molar-refractivity contribution in [3.05, 3.63) is 27.5 Å². The average Bonchev–Trinajstić information content (AvgIpc) is 2.84. The summed E-state index contributed by atoms with van der Waals surface area (Å²) in [6.07, 6.45) is -0.676. The third-order valence-electron chi connectivity index (χ3n) is 1.87. The average molecular weight is 261 g/mol. The Hall–Kier alpha value is -0.460. The molecule has 0 bridgehead atoms. The number of aromatic nitrogens is 1. The molecule has 2 aromatic rings. The minimum absolute atomic E-state index is 0.189. The zero-order valence-corrected chi connectivity index (χ0v) is 10.1. The Labute approximate surface area is 100 Å². The van der Waals surface area contributed by atoms with Gasteiger partial charge in [0.1, 0.15) is 11.1 Å². The first-order chi connectivity index (χ1) is 7.20. The maximum Gasteiger partial charge on any atom is 0.133 e. The van der Waals surface area contributed by atoms with Gasteiger partial charge in [-0.15, -0.1) is 22.7 Å². The van der Waals surface area contributed by atoms with Crippen LogP contribution in [-0.2, 0) is 0 Å². The maximum atomic E-state index is 9.49. The third-order valence-corrected chi connectivity index (χ3v) is 4.13. The van der Waals surface area contributed by atoms with E-state index in [4.69, 9.17) is 17.3 Å². The van der Waals surface area contributed by atoms with Gasteiger partial charge in [-0.2, -0.15) is 0 Å². The lowest BCUT2D eigenvalue weighted by Crippen LogP contribution is -2.11. The first-order valence-electron chi connectivity index (χ1n) is 4.30. The van der Waals surface area contributed by atoms with Crippen molar-refractivity contribution in [3.63, 3.8) is 0 Å². The van der Waals surface area contributed by atoms with Crippen LogP contribution in [0.2, 0.25) is 4.34 Å². The van der Waals surface area contributed by atoms with E-state index in [2.05, 4.69) is 4.98 Å². The normalized spacial score (nSPS) is 13.0. The highest BCUT2D eigenvalue weighted by Gasteiger charge is 2.12. The summed E-state index contributed by atoms with van der Waals surface area (Å²) in [6, 6.07) is 3.76. The van der Waals surface area contributed by atoms with E-state index in [1.165, 1.54) is 22.7 Å². The van der Waals surface area contributed by atoms with Crippen molar-refractivity contribution < 1.29 is 5.11 Å². The van der Waals surface area contributed by atoms with Gasteiger partial charge in [0.25, 0.3) is 0 Å². The van der Waals surface area contributed by atoms with Crippen LogP contribution in [0.1, 0.15) is 11.8 Å². The molecule has 0 aliphatic heterocycles. The van der Waals surface area contributed by atoms with Crippen LogP contribution < -0.4 is 5.73 Å². The molecule has 6 heteroatoms. The number of aliphatic hydroxyl groups excluding tert-OH is 1. The van der Waals surface area contributed by atoms with Crippen LogP contribution in [0.15, 0.2) is 17.5 Å². The number of nitrogens with zero attached hydrogens (tertiary/aromatic N) is 1. The monoisotopic (exact) mass is 260 g/mol. The molecule has 1 atom stereocenters. The van der Waals surface area contributed by atoms with Gasteiger partial charge in [0.05, 0.1) is 14.9 Å². The predicted octanol–water partition coefficient (Wildman–Crippen LogP) is 2.52. The minimum atomic E-state index is -0.676. The number of thiophene rings is 1. The molecule has 1 unspecified atom stereocenters. The molecule has 2 aromatic heterocycles. The van der Waals surface area contributed by atoms with Crippen molar-refractivity contribution in [1.29, 1.82) is 0 Å². The van der Waals surface area contributed by atoms with Gasteiger partial charge in [0, 0.05) is 11.9 Å². The first kappa shape index (κ1) is 11.0. The lowest BCUT2D eigenvalue weighted by atomic mass is 10.3. The lowest BCUT2D eigenvalue weighted by Gasteiger charge is -2.01. The molecule has 0 amide bonds. The van der Waals surface area contributed by atoms with E-state index in [1.807, 2.05) is 17.5 Å². The predicted molar refractivity (Wildman–Crippen MR) is 64.5 cm³/mol. The van der Waals surface area contributed by atoms with Gasteiger partial charge >= 0.3 is 0 Å². The molecule has 0 saturated carbocycles. The van der Waals surface area contributed by atoms with Crippen molar-refractivity contribution in [2.24, 2.45) is 5.73 Å². The Morgan fingerprint density at radius 3 is 2.93 bits per heavy atom. The number of aliphatic hydroxyl groups is 1. The molecule has 0 radical (unpaired) electrons. The SMILES string of the molecule is NCC(O)c1csc(-c2ccc(Cl)s2)n1. The van der Waals surface area contributed by atoms with Gasteiger partial charge in [-0.3, -0.25) is 0 Å². The number of thiazole rings is 1. The van der Waals surface area contributed by atoms with Crippen LogP contribution in [0.5, 0.6) is 0 Å². The highest BCUT2D eigenvalue weighted by Crippen LogP contribution is 2.33. The van der Waals surface area contributed by atoms with Crippen LogP contribution in [0, 0.1) is 0 Å². The molecular weight excluding hydrogens is 252 g/mol. The van der Waals surface area contributed by atoms with E-state index in [1.54, 1.807) is 0 Å². The van der Waals surface area contributed by atoms with E-state index in [0.29, 0.717) is 5.69 Å². The summed E-state index contributed by atoms with van der Waals surface area (Å²) in [5.74, 6) is 0. The standard InChI is InChI=1S/C9H9ClN2OS2/c10-8-2-1-7(15-8)9-12-5(4-14-9)6(13)3-11/h1-2,4,6,13H,3,11H2. The molecule has 3 nitrogen and oxygen atoms in total. The molecule has 3 N–H and O–H groups in total. The molecule has 2 rings (SSSR count). The smallest absolute Gasteiger partial charge is 0.133 e. The third kappa shape index (κ3) is 2.38. The van der Waals surface area contributed by atoms with E-state index in [9.17, 15) is 5.11 Å². The fourth-order valence-corrected chi connectivity index (χ4v) is 3.08. The second-order valence-electron chi connectivity index (χ2n) is 2.93. The second-order valence-corrected chi connectivity index (χ2v) is 5.51. The Morgan fingerprint density at radius 2 is 2.33 bits per heavy atom. The minimum Gasteiger partial charge on any atom is -0.385 e. The molecule has 80 valence electrons. The van der Waals surface area contributed by atoms with Crippen molar-refractivity contribution >= 4 is 34.3 Å². The van der Waals surface area contributed by atoms with Crippen LogP contribution in [-0.4, -0.2) is 16.6 Å². The summed E-state index contributed by atoms with van der Waals surface area (Å²) in [7, 11) is 0. The van der Waals surface area contributed by atoms with Gasteiger partial charge in [0.15, 0.2) is 0 Å². The van der Waals surface area contributed by atoms with Crippen LogP contribution in [0.4, 0.5) is 0 Å². The van der Waals surface area contributed by atoms with Crippen LogP contribution in [0.3, 0.4) is 0 Å². The van der Waals surface area contributed by atoms with Gasteiger partial charge < -0.3 is 10.8 Å². The van der Waals surface area contributed by atoms with Gasteiger partial charge in [0.2, 0.25) is 0 Å². The molecule has 0 aliphatic carbocycles. The van der Waals surface area contributed by atoms with Crippen LogP contribution in [0.25, 0.3) is 9.88 Å². The van der Waals surface area contributed by atoms with Crippen molar-refractivity contribution in [3.8, 4) is 9.88 Å². The number of nitrogens with two attached hydrogens (primary N) is 1. The quantitative estimate of drug-likeness (QED) is 0.892. The summed E-state index contributed by atoms with van der Waals surface area (Å²) in [5.41, 5.74) is 5.98. The fraction of sp³-hybridized carbons (Fsp3) is 0.222. The van der Waals surface area contributed by atoms with Crippen molar-refractivity contribution in [2.45, 2.75) is 6.10 Å². The molecule has 2 heterocycles. The molecule has 15 heavy (non-hydrogen) atoms. The largest absolute Gasteiger partial charge is 0.385 e. The summed E-state index contributed by atoms with van der Waals surface area (Å²) in [5, 5.41) is 12.2. The molecule has 0 aliphatic rings. The number of halogens is 1. The zero-order chi connectivity index (χ0) is 10.8. The van der Waals surface area contributed by atoms with Crippen LogP contribution >= 0.6 is 34.3 Å². The van der Waals surface area contributed by atoms with E-state index < -0.39 is 6.10 Å². The van der Waals surface area contributed by atoms with Gasteiger partial charge in [-0.05, 0) is 12.1 Å². The van der Waals surface area contributed by atoms with Gasteiger partial charge in [-0.1, -0.05) is 11.6 Å². The molecule has 0 fully saturated rings. The van der Waals surface area contributed by atoms with Gasteiger partial charge in [-0.25, -0.2) is 4.98 Å². The molecule has 0 aromatic carbocycles. The topological polar surface area (TPSA) is 59.1 Å². The Bertz CT molecular complexity index is 454. The second kappa shape index (κ2) is 4.59. The summed E-state index contributed by atoms with van der Waals surface area (Å²) in [6.45, 7) is 0.189. The first-order valence-corrected chi connectivity index (χ1v) is 6.37. The number of hydrogen-bond donors (Lipinski definition) is 2. The summed E-state index contributed by atoms with van der Waals surface area (Å²) < 4.78 is 0.737. The zero-order valence-electron chi connectivity index (χ0n) is 7.68.